The van der Waals surface area contributed by atoms with Crippen LogP contribution in [0.2, 0.25) is 0 Å². The molecule has 0 unspecified atom stereocenters. The third-order valence-corrected chi connectivity index (χ3v) is 2.38. The number of hydrogen-bond donors (Lipinski definition) is 0. The summed E-state index contributed by atoms with van der Waals surface area (Å²) in [7, 11) is 0. The Labute approximate surface area is 94.1 Å². The number of nitrogens with zero attached hydrogens (tertiary/aromatic N) is 1. The molecule has 3 nitrogen and oxygen atoms in total. The van der Waals surface area contributed by atoms with E-state index in [9.17, 15) is 4.79 Å². The molecule has 0 fully saturated rings. The molecule has 0 bridgehead atoms. The molecule has 0 N–H and O–H groups in total. The van der Waals surface area contributed by atoms with E-state index in [2.05, 4.69) is 4.98 Å². The van der Waals surface area contributed by atoms with Crippen molar-refractivity contribution < 1.29 is 9.53 Å². The number of rotatable bonds is 2. The van der Waals surface area contributed by atoms with Crippen molar-refractivity contribution in [3.8, 4) is 0 Å². The lowest BCUT2D eigenvalue weighted by Crippen LogP contribution is -2.06. The molecular formula is C13H13NO2. The minimum Gasteiger partial charge on any atom is -0.456 e. The van der Waals surface area contributed by atoms with Crippen LogP contribution in [0.5, 0.6) is 0 Å². The number of aromatic nitrogens is 1. The average molecular weight is 215 g/mol. The van der Waals surface area contributed by atoms with Crippen LogP contribution in [0.1, 0.15) is 25.6 Å². The number of carbonyl (C=O) groups is 1. The van der Waals surface area contributed by atoms with E-state index in [1.807, 2.05) is 43.3 Å². The van der Waals surface area contributed by atoms with Crippen molar-refractivity contribution >= 4 is 16.9 Å². The normalized spacial score (nSPS) is 12.4. The fraction of sp³-hybridized carbons (Fsp3) is 0.231. The van der Waals surface area contributed by atoms with Crippen LogP contribution < -0.4 is 0 Å². The van der Waals surface area contributed by atoms with Crippen LogP contribution in [0.3, 0.4) is 0 Å². The molecule has 2 aromatic rings. The Hall–Kier alpha value is -1.90. The van der Waals surface area contributed by atoms with Crippen LogP contribution in [-0.2, 0) is 9.53 Å². The summed E-state index contributed by atoms with van der Waals surface area (Å²) in [4.78, 5) is 15.3. The van der Waals surface area contributed by atoms with E-state index in [1.165, 1.54) is 6.92 Å². The van der Waals surface area contributed by atoms with Gasteiger partial charge in [-0.2, -0.15) is 0 Å². The largest absolute Gasteiger partial charge is 0.456 e. The zero-order chi connectivity index (χ0) is 11.5. The summed E-state index contributed by atoms with van der Waals surface area (Å²) in [5.74, 6) is -0.289. The first-order chi connectivity index (χ1) is 7.66. The summed E-state index contributed by atoms with van der Waals surface area (Å²) in [6, 6.07) is 11.7. The summed E-state index contributed by atoms with van der Waals surface area (Å²) in [6.45, 7) is 3.22. The monoisotopic (exact) mass is 215 g/mol. The van der Waals surface area contributed by atoms with Crippen molar-refractivity contribution in [2.45, 2.75) is 20.0 Å². The Kier molecular flexibility index (Phi) is 2.86. The van der Waals surface area contributed by atoms with Gasteiger partial charge in [0.2, 0.25) is 0 Å². The van der Waals surface area contributed by atoms with Crippen LogP contribution in [0.25, 0.3) is 10.9 Å². The maximum atomic E-state index is 10.8. The Bertz CT molecular complexity index is 522. The van der Waals surface area contributed by atoms with Crippen LogP contribution in [0.15, 0.2) is 36.4 Å². The van der Waals surface area contributed by atoms with Gasteiger partial charge in [-0.3, -0.25) is 4.79 Å². The smallest absolute Gasteiger partial charge is 0.303 e. The number of hydrogen-bond acceptors (Lipinski definition) is 3. The molecule has 3 heteroatoms. The van der Waals surface area contributed by atoms with Gasteiger partial charge in [-0.15, -0.1) is 0 Å². The maximum absolute atomic E-state index is 10.8. The molecule has 1 atom stereocenters. The minimum absolute atomic E-state index is 0.289. The first-order valence-electron chi connectivity index (χ1n) is 5.20. The molecule has 1 aromatic carbocycles. The van der Waals surface area contributed by atoms with Gasteiger partial charge in [0.15, 0.2) is 0 Å². The highest BCUT2D eigenvalue weighted by Gasteiger charge is 2.10. The molecule has 0 spiro atoms. The SMILES string of the molecule is CC(=O)O[C@H](C)c1ccc2ccccc2n1. The van der Waals surface area contributed by atoms with Gasteiger partial charge in [0.25, 0.3) is 0 Å². The van der Waals surface area contributed by atoms with E-state index in [0.29, 0.717) is 0 Å². The molecule has 0 radical (unpaired) electrons. The molecular weight excluding hydrogens is 202 g/mol. The number of esters is 1. The fourth-order valence-electron chi connectivity index (χ4n) is 1.62. The summed E-state index contributed by atoms with van der Waals surface area (Å²) in [5.41, 5.74) is 1.69. The topological polar surface area (TPSA) is 39.2 Å². The van der Waals surface area contributed by atoms with Gasteiger partial charge in [-0.1, -0.05) is 24.3 Å². The fourth-order valence-corrected chi connectivity index (χ4v) is 1.62. The molecule has 0 aliphatic rings. The second-order valence-corrected chi connectivity index (χ2v) is 3.68. The van der Waals surface area contributed by atoms with Crippen LogP contribution in [0.4, 0.5) is 0 Å². The quantitative estimate of drug-likeness (QED) is 0.723. The summed E-state index contributed by atoms with van der Waals surface area (Å²) in [6.07, 6.45) is -0.304. The van der Waals surface area contributed by atoms with Crippen molar-refractivity contribution in [3.05, 3.63) is 42.1 Å². The minimum atomic E-state index is -0.304. The number of pyridine rings is 1. The first kappa shape index (κ1) is 10.6. The number of para-hydroxylation sites is 1. The Balaban J connectivity index is 2.35. The second kappa shape index (κ2) is 4.31. The molecule has 2 rings (SSSR count). The molecule has 0 aliphatic carbocycles. The Morgan fingerprint density at radius 1 is 1.25 bits per heavy atom. The van der Waals surface area contributed by atoms with Crippen molar-refractivity contribution in [2.75, 3.05) is 0 Å². The molecule has 82 valence electrons. The zero-order valence-corrected chi connectivity index (χ0v) is 9.31. The van der Waals surface area contributed by atoms with Crippen molar-refractivity contribution in [1.82, 2.24) is 4.98 Å². The molecule has 1 heterocycles. The lowest BCUT2D eigenvalue weighted by atomic mass is 10.1. The van der Waals surface area contributed by atoms with Crippen molar-refractivity contribution in [2.24, 2.45) is 0 Å². The van der Waals surface area contributed by atoms with E-state index in [1.54, 1.807) is 0 Å². The van der Waals surface area contributed by atoms with Crippen LogP contribution in [-0.4, -0.2) is 11.0 Å². The van der Waals surface area contributed by atoms with E-state index in [4.69, 9.17) is 4.74 Å². The molecule has 1 aromatic heterocycles. The Morgan fingerprint density at radius 3 is 2.75 bits per heavy atom. The molecule has 0 saturated carbocycles. The highest BCUT2D eigenvalue weighted by Crippen LogP contribution is 2.18. The van der Waals surface area contributed by atoms with Gasteiger partial charge >= 0.3 is 5.97 Å². The number of ether oxygens (including phenoxy) is 1. The molecule has 0 aliphatic heterocycles. The summed E-state index contributed by atoms with van der Waals surface area (Å²) >= 11 is 0. The van der Waals surface area contributed by atoms with Gasteiger partial charge in [0, 0.05) is 12.3 Å². The lowest BCUT2D eigenvalue weighted by molar-refractivity contribution is -0.145. The highest BCUT2D eigenvalue weighted by atomic mass is 16.5. The van der Waals surface area contributed by atoms with Gasteiger partial charge in [-0.25, -0.2) is 4.98 Å². The molecule has 0 saturated heterocycles. The standard InChI is InChI=1S/C13H13NO2/c1-9(16-10(2)15)12-8-7-11-5-3-4-6-13(11)14-12/h3-9H,1-2H3/t9-/m1/s1. The first-order valence-corrected chi connectivity index (χ1v) is 5.20. The zero-order valence-electron chi connectivity index (χ0n) is 9.31. The Morgan fingerprint density at radius 2 is 2.00 bits per heavy atom. The molecule has 0 amide bonds. The number of carbonyl (C=O) groups excluding carboxylic acids is 1. The highest BCUT2D eigenvalue weighted by molar-refractivity contribution is 5.78. The third-order valence-electron chi connectivity index (χ3n) is 2.38. The van der Waals surface area contributed by atoms with Gasteiger partial charge in [0.05, 0.1) is 11.2 Å². The summed E-state index contributed by atoms with van der Waals surface area (Å²) in [5, 5.41) is 1.08. The summed E-state index contributed by atoms with van der Waals surface area (Å²) < 4.78 is 5.08. The van der Waals surface area contributed by atoms with Gasteiger partial charge in [-0.05, 0) is 19.1 Å². The third kappa shape index (κ3) is 2.19. The lowest BCUT2D eigenvalue weighted by Gasteiger charge is -2.11. The predicted octanol–water partition coefficient (Wildman–Crippen LogP) is 2.86. The van der Waals surface area contributed by atoms with Crippen molar-refractivity contribution in [1.29, 1.82) is 0 Å². The van der Waals surface area contributed by atoms with Crippen LogP contribution in [0, 0.1) is 0 Å². The maximum Gasteiger partial charge on any atom is 0.303 e. The average Bonchev–Trinajstić information content (AvgIpc) is 2.27. The number of fused-ring (bicyclic) bond motifs is 1. The predicted molar refractivity (Wildman–Crippen MR) is 61.9 cm³/mol. The van der Waals surface area contributed by atoms with Crippen LogP contribution >= 0.6 is 0 Å². The van der Waals surface area contributed by atoms with Gasteiger partial charge in [0.1, 0.15) is 6.10 Å². The van der Waals surface area contributed by atoms with Crippen molar-refractivity contribution in [3.63, 3.8) is 0 Å². The van der Waals surface area contributed by atoms with E-state index < -0.39 is 0 Å². The molecule has 16 heavy (non-hydrogen) atoms. The number of benzene rings is 1. The van der Waals surface area contributed by atoms with Gasteiger partial charge < -0.3 is 4.74 Å². The van der Waals surface area contributed by atoms with E-state index in [-0.39, 0.29) is 12.1 Å². The van der Waals surface area contributed by atoms with E-state index >= 15 is 0 Å². The van der Waals surface area contributed by atoms with E-state index in [0.717, 1.165) is 16.6 Å². The second-order valence-electron chi connectivity index (χ2n) is 3.68.